The highest BCUT2D eigenvalue weighted by molar-refractivity contribution is 7.80. The van der Waals surface area contributed by atoms with Crippen LogP contribution >= 0.6 is 12.2 Å². The Hall–Kier alpha value is -1.17. The first-order chi connectivity index (χ1) is 8.52. The van der Waals surface area contributed by atoms with Crippen molar-refractivity contribution >= 4 is 29.0 Å². The fraction of sp³-hybridized carbons (Fsp3) is 0.750. The zero-order valence-corrected chi connectivity index (χ0v) is 12.2. The maximum absolute atomic E-state index is 11.8. The van der Waals surface area contributed by atoms with Crippen molar-refractivity contribution < 1.29 is 9.53 Å². The molecule has 0 aromatic carbocycles. The lowest BCUT2D eigenvalue weighted by molar-refractivity contribution is -0.145. The zero-order chi connectivity index (χ0) is 14.0. The van der Waals surface area contributed by atoms with Gasteiger partial charge in [0.2, 0.25) is 0 Å². The van der Waals surface area contributed by atoms with Crippen LogP contribution in [0, 0.1) is 5.92 Å². The lowest BCUT2D eigenvalue weighted by atomic mass is 9.97. The predicted octanol–water partition coefficient (Wildman–Crippen LogP) is 1.96. The number of nitrogens with two attached hydrogens (primary N) is 1. The van der Waals surface area contributed by atoms with Crippen LogP contribution in [0.5, 0.6) is 0 Å². The first-order valence-electron chi connectivity index (χ1n) is 6.29. The molecule has 1 unspecified atom stereocenters. The molecule has 6 heteroatoms. The third-order valence-electron chi connectivity index (χ3n) is 2.51. The number of rotatable bonds is 8. The molecule has 0 amide bonds. The van der Waals surface area contributed by atoms with Crippen LogP contribution in [0.15, 0.2) is 5.10 Å². The summed E-state index contributed by atoms with van der Waals surface area (Å²) in [6.45, 7) is 6.06. The second-order valence-electron chi connectivity index (χ2n) is 4.03. The molecule has 0 aliphatic carbocycles. The number of unbranched alkanes of at least 4 members (excludes halogenated alkanes) is 2. The number of hydrazone groups is 1. The molecule has 3 N–H and O–H groups in total. The fourth-order valence-corrected chi connectivity index (χ4v) is 1.61. The van der Waals surface area contributed by atoms with Crippen LogP contribution in [0.2, 0.25) is 0 Å². The van der Waals surface area contributed by atoms with Crippen molar-refractivity contribution in [2.45, 2.75) is 46.5 Å². The molecule has 0 radical (unpaired) electrons. The minimum atomic E-state index is -0.321. The van der Waals surface area contributed by atoms with Gasteiger partial charge in [-0.2, -0.15) is 5.10 Å². The molecule has 0 rings (SSSR count). The number of nitrogens with zero attached hydrogens (tertiary/aromatic N) is 1. The molecule has 0 bridgehead atoms. The van der Waals surface area contributed by atoms with Crippen molar-refractivity contribution in [2.24, 2.45) is 16.8 Å². The summed E-state index contributed by atoms with van der Waals surface area (Å²) >= 11 is 4.67. The smallest absolute Gasteiger partial charge is 0.314 e. The summed E-state index contributed by atoms with van der Waals surface area (Å²) in [6.07, 6.45) is 3.91. The Bertz CT molecular complexity index is 306. The Balaban J connectivity index is 4.57. The first-order valence-corrected chi connectivity index (χ1v) is 6.69. The highest BCUT2D eigenvalue weighted by atomic mass is 32.1. The van der Waals surface area contributed by atoms with Gasteiger partial charge >= 0.3 is 5.97 Å². The van der Waals surface area contributed by atoms with Crippen molar-refractivity contribution in [3.63, 3.8) is 0 Å². The normalized spacial score (nSPS) is 12.9. The quantitative estimate of drug-likeness (QED) is 0.232. The Labute approximate surface area is 114 Å². The molecular formula is C12H23N3O2S. The number of nitrogens with one attached hydrogen (secondary N) is 1. The highest BCUT2D eigenvalue weighted by Crippen LogP contribution is 2.14. The average Bonchev–Trinajstić information content (AvgIpc) is 2.32. The number of carbonyl (C=O) groups excluding carboxylic acids is 1. The van der Waals surface area contributed by atoms with Gasteiger partial charge in [0.25, 0.3) is 0 Å². The molecule has 0 aliphatic heterocycles. The Morgan fingerprint density at radius 2 is 2.11 bits per heavy atom. The predicted molar refractivity (Wildman–Crippen MR) is 77.3 cm³/mol. The standard InChI is InChI=1S/C12H23N3O2S/c1-4-6-7-8-10(11(16)17-5-2)9(3)14-15-12(13)18/h10H,4-8H2,1-3H3,(H3,13,15,18). The van der Waals surface area contributed by atoms with Gasteiger partial charge in [-0.25, -0.2) is 0 Å². The van der Waals surface area contributed by atoms with Gasteiger partial charge in [0.15, 0.2) is 5.11 Å². The summed E-state index contributed by atoms with van der Waals surface area (Å²) in [4.78, 5) is 11.8. The summed E-state index contributed by atoms with van der Waals surface area (Å²) in [5.41, 5.74) is 8.45. The minimum Gasteiger partial charge on any atom is -0.465 e. The van der Waals surface area contributed by atoms with Gasteiger partial charge in [-0.1, -0.05) is 26.2 Å². The van der Waals surface area contributed by atoms with Crippen LogP contribution in [-0.4, -0.2) is 23.4 Å². The summed E-state index contributed by atoms with van der Waals surface area (Å²) in [5, 5.41) is 4.09. The number of hydrogen-bond acceptors (Lipinski definition) is 4. The number of carbonyl (C=O) groups is 1. The molecular weight excluding hydrogens is 250 g/mol. The van der Waals surface area contributed by atoms with Crippen molar-refractivity contribution in [3.05, 3.63) is 0 Å². The van der Waals surface area contributed by atoms with Gasteiger partial charge < -0.3 is 10.5 Å². The topological polar surface area (TPSA) is 76.7 Å². The summed E-state index contributed by atoms with van der Waals surface area (Å²) in [5.74, 6) is -0.557. The maximum Gasteiger partial charge on any atom is 0.314 e. The summed E-state index contributed by atoms with van der Waals surface area (Å²) in [7, 11) is 0. The van der Waals surface area contributed by atoms with Crippen molar-refractivity contribution in [3.8, 4) is 0 Å². The number of hydrogen-bond donors (Lipinski definition) is 2. The third kappa shape index (κ3) is 7.21. The van der Waals surface area contributed by atoms with Crippen LogP contribution in [0.3, 0.4) is 0 Å². The molecule has 0 fully saturated rings. The lowest BCUT2D eigenvalue weighted by Crippen LogP contribution is -2.30. The SMILES string of the molecule is CCCCCC(C(=O)OCC)C(C)=NNC(N)=S. The summed E-state index contributed by atoms with van der Waals surface area (Å²) < 4.78 is 5.05. The molecule has 0 saturated heterocycles. The van der Waals surface area contributed by atoms with Crippen LogP contribution in [-0.2, 0) is 9.53 Å². The van der Waals surface area contributed by atoms with E-state index in [0.717, 1.165) is 25.7 Å². The van der Waals surface area contributed by atoms with Crippen molar-refractivity contribution in [1.82, 2.24) is 5.43 Å². The molecule has 0 saturated carbocycles. The summed E-state index contributed by atoms with van der Waals surface area (Å²) in [6, 6.07) is 0. The van der Waals surface area contributed by atoms with Crippen LogP contribution in [0.4, 0.5) is 0 Å². The largest absolute Gasteiger partial charge is 0.465 e. The van der Waals surface area contributed by atoms with Crippen molar-refractivity contribution in [1.29, 1.82) is 0 Å². The van der Waals surface area contributed by atoms with E-state index in [1.807, 2.05) is 0 Å². The average molecular weight is 273 g/mol. The van der Waals surface area contributed by atoms with E-state index in [0.29, 0.717) is 12.3 Å². The van der Waals surface area contributed by atoms with E-state index in [9.17, 15) is 4.79 Å². The number of ether oxygens (including phenoxy) is 1. The molecule has 0 aliphatic rings. The van der Waals surface area contributed by atoms with Gasteiger partial charge in [-0.15, -0.1) is 0 Å². The monoisotopic (exact) mass is 273 g/mol. The molecule has 0 spiro atoms. The number of thiocarbonyl (C=S) groups is 1. The van der Waals surface area contributed by atoms with E-state index in [-0.39, 0.29) is 17.0 Å². The molecule has 1 atom stereocenters. The van der Waals surface area contributed by atoms with E-state index < -0.39 is 0 Å². The minimum absolute atomic E-state index is 0.0884. The van der Waals surface area contributed by atoms with Crippen LogP contribution in [0.1, 0.15) is 46.5 Å². The molecule has 0 aromatic heterocycles. The Morgan fingerprint density at radius 1 is 1.44 bits per heavy atom. The highest BCUT2D eigenvalue weighted by Gasteiger charge is 2.22. The Morgan fingerprint density at radius 3 is 2.61 bits per heavy atom. The maximum atomic E-state index is 11.8. The first kappa shape index (κ1) is 16.8. The second-order valence-corrected chi connectivity index (χ2v) is 4.47. The fourth-order valence-electron chi connectivity index (χ4n) is 1.56. The van der Waals surface area contributed by atoms with Gasteiger partial charge in [0, 0.05) is 5.71 Å². The van der Waals surface area contributed by atoms with E-state index >= 15 is 0 Å². The second kappa shape index (κ2) is 9.82. The van der Waals surface area contributed by atoms with E-state index in [1.54, 1.807) is 13.8 Å². The molecule has 18 heavy (non-hydrogen) atoms. The van der Waals surface area contributed by atoms with Gasteiger partial charge in [0.1, 0.15) is 0 Å². The molecule has 104 valence electrons. The van der Waals surface area contributed by atoms with Crippen molar-refractivity contribution in [2.75, 3.05) is 6.61 Å². The molecule has 0 heterocycles. The van der Waals surface area contributed by atoms with Gasteiger partial charge in [-0.3, -0.25) is 10.2 Å². The van der Waals surface area contributed by atoms with E-state index in [4.69, 9.17) is 10.5 Å². The van der Waals surface area contributed by atoms with Crippen LogP contribution in [0.25, 0.3) is 0 Å². The van der Waals surface area contributed by atoms with E-state index in [1.165, 1.54) is 0 Å². The zero-order valence-electron chi connectivity index (χ0n) is 11.4. The molecule has 0 aromatic rings. The van der Waals surface area contributed by atoms with Gasteiger partial charge in [0.05, 0.1) is 12.5 Å². The van der Waals surface area contributed by atoms with Crippen LogP contribution < -0.4 is 11.2 Å². The molecule has 5 nitrogen and oxygen atoms in total. The van der Waals surface area contributed by atoms with E-state index in [2.05, 4.69) is 29.7 Å². The number of esters is 1. The third-order valence-corrected chi connectivity index (χ3v) is 2.61. The lowest BCUT2D eigenvalue weighted by Gasteiger charge is -2.15. The van der Waals surface area contributed by atoms with Gasteiger partial charge in [-0.05, 0) is 32.5 Å². The Kier molecular flexibility index (Phi) is 9.18.